The van der Waals surface area contributed by atoms with Gasteiger partial charge in [-0.2, -0.15) is 5.84 Å². The molecule has 6 heavy (non-hydrogen) atoms. The predicted octanol–water partition coefficient (Wildman–Crippen LogP) is 0.326. The minimum absolute atomic E-state index is 0.532. The summed E-state index contributed by atoms with van der Waals surface area (Å²) < 4.78 is 0. The van der Waals surface area contributed by atoms with Gasteiger partial charge in [0.2, 0.25) is 0 Å². The van der Waals surface area contributed by atoms with Gasteiger partial charge in [0.1, 0.15) is 0 Å². The van der Waals surface area contributed by atoms with Crippen molar-refractivity contribution in [3.8, 4) is 0 Å². The number of rotatable bonds is 1. The van der Waals surface area contributed by atoms with Crippen molar-refractivity contribution in [1.29, 1.82) is 0 Å². The van der Waals surface area contributed by atoms with E-state index < -0.39 is 0 Å². The lowest BCUT2D eigenvalue weighted by atomic mass is 9.94. The Hall–Kier alpha value is -0.0800. The van der Waals surface area contributed by atoms with Crippen molar-refractivity contribution in [3.05, 3.63) is 0 Å². The average Bonchev–Trinajstić information content (AvgIpc) is 1.31. The normalized spacial score (nSPS) is 23.5. The second-order valence-electron chi connectivity index (χ2n) is 1.77. The van der Waals surface area contributed by atoms with Crippen molar-refractivity contribution in [2.75, 3.05) is 0 Å². The summed E-state index contributed by atoms with van der Waals surface area (Å²) in [6.45, 7) is 0. The summed E-state index contributed by atoms with van der Waals surface area (Å²) in [6.07, 6.45) is 3.74. The maximum Gasteiger partial charge on any atom is 0.0226 e. The molecule has 2 nitrogen and oxygen atoms in total. The van der Waals surface area contributed by atoms with Crippen LogP contribution in [0.4, 0.5) is 0 Å². The lowest BCUT2D eigenvalue weighted by molar-refractivity contribution is 0.339. The summed E-state index contributed by atoms with van der Waals surface area (Å²) in [4.78, 5) is 0. The van der Waals surface area contributed by atoms with Gasteiger partial charge >= 0.3 is 0 Å². The molecule has 0 saturated heterocycles. The van der Waals surface area contributed by atoms with Crippen LogP contribution >= 0.6 is 0 Å². The van der Waals surface area contributed by atoms with E-state index in [1.54, 1.807) is 0 Å². The minimum Gasteiger partial charge on any atom is -0.240 e. The van der Waals surface area contributed by atoms with Crippen molar-refractivity contribution < 1.29 is 0 Å². The highest BCUT2D eigenvalue weighted by molar-refractivity contribution is 4.72. The maximum atomic E-state index is 6.61. The van der Waals surface area contributed by atoms with Gasteiger partial charge in [0.25, 0.3) is 0 Å². The third-order valence-electron chi connectivity index (χ3n) is 1.31. The Bertz CT molecular complexity index is 38.1. The Kier molecular flexibility index (Phi) is 1.08. The Morgan fingerprint density at radius 3 is 2.17 bits per heavy atom. The van der Waals surface area contributed by atoms with Crippen molar-refractivity contribution in [3.63, 3.8) is 0 Å². The first-order valence-electron chi connectivity index (χ1n) is 2.36. The lowest BCUT2D eigenvalue weighted by Gasteiger charge is -2.22. The molecule has 0 aromatic carbocycles. The van der Waals surface area contributed by atoms with Crippen LogP contribution in [-0.2, 0) is 0 Å². The van der Waals surface area contributed by atoms with Crippen LogP contribution in [-0.4, -0.2) is 6.04 Å². The molecule has 1 radical (unpaired) electrons. The fourth-order valence-electron chi connectivity index (χ4n) is 0.553. The van der Waals surface area contributed by atoms with Crippen LogP contribution < -0.4 is 11.3 Å². The maximum absolute atomic E-state index is 6.61. The van der Waals surface area contributed by atoms with E-state index >= 15 is 0 Å². The van der Waals surface area contributed by atoms with E-state index in [0.29, 0.717) is 6.04 Å². The highest BCUT2D eigenvalue weighted by Gasteiger charge is 2.14. The van der Waals surface area contributed by atoms with E-state index in [1.165, 1.54) is 19.3 Å². The summed E-state index contributed by atoms with van der Waals surface area (Å²) >= 11 is 0. The Morgan fingerprint density at radius 1 is 1.50 bits per heavy atom. The van der Waals surface area contributed by atoms with E-state index in [1.807, 2.05) is 0 Å². The highest BCUT2D eigenvalue weighted by atomic mass is 15.2. The fourth-order valence-corrected chi connectivity index (χ4v) is 0.553. The van der Waals surface area contributed by atoms with Crippen LogP contribution in [0.25, 0.3) is 0 Å². The SMILES string of the molecule is [NH]NC1CCC1. The standard InChI is InChI=1S/C4H9N2/c5-6-4-2-1-3-4/h4-6H,1-3H2. The molecule has 1 aliphatic carbocycles. The van der Waals surface area contributed by atoms with E-state index in [4.69, 9.17) is 5.84 Å². The smallest absolute Gasteiger partial charge is 0.0226 e. The Morgan fingerprint density at radius 2 is 2.17 bits per heavy atom. The van der Waals surface area contributed by atoms with Crippen LogP contribution in [0.5, 0.6) is 0 Å². The van der Waals surface area contributed by atoms with Crippen molar-refractivity contribution in [1.82, 2.24) is 11.3 Å². The quantitative estimate of drug-likeness (QED) is 0.457. The number of hydrogen-bond donors (Lipinski definition) is 1. The molecular formula is C4H9N2. The van der Waals surface area contributed by atoms with E-state index in [0.717, 1.165) is 0 Å². The summed E-state index contributed by atoms with van der Waals surface area (Å²) in [7, 11) is 0. The van der Waals surface area contributed by atoms with Crippen LogP contribution in [0.3, 0.4) is 0 Å². The van der Waals surface area contributed by atoms with E-state index in [-0.39, 0.29) is 0 Å². The molecule has 0 aromatic rings. The topological polar surface area (TPSA) is 35.8 Å². The summed E-state index contributed by atoms with van der Waals surface area (Å²) in [5, 5.41) is 0. The van der Waals surface area contributed by atoms with Gasteiger partial charge in [0.05, 0.1) is 0 Å². The van der Waals surface area contributed by atoms with Gasteiger partial charge in [-0.15, -0.1) is 0 Å². The molecule has 0 unspecified atom stereocenters. The molecule has 35 valence electrons. The van der Waals surface area contributed by atoms with Crippen LogP contribution in [0.1, 0.15) is 19.3 Å². The summed E-state index contributed by atoms with van der Waals surface area (Å²) in [6, 6.07) is 0.532. The lowest BCUT2D eigenvalue weighted by Crippen LogP contribution is -2.33. The first-order chi connectivity index (χ1) is 2.93. The van der Waals surface area contributed by atoms with Gasteiger partial charge in [-0.3, -0.25) is 0 Å². The third kappa shape index (κ3) is 0.533. The second-order valence-corrected chi connectivity index (χ2v) is 1.77. The largest absolute Gasteiger partial charge is 0.240 e. The molecule has 0 aliphatic heterocycles. The van der Waals surface area contributed by atoms with Crippen molar-refractivity contribution in [2.45, 2.75) is 25.3 Å². The van der Waals surface area contributed by atoms with Crippen molar-refractivity contribution in [2.24, 2.45) is 0 Å². The van der Waals surface area contributed by atoms with E-state index in [2.05, 4.69) is 5.43 Å². The molecule has 1 aliphatic rings. The fraction of sp³-hybridized carbons (Fsp3) is 1.00. The molecule has 2 heteroatoms. The third-order valence-corrected chi connectivity index (χ3v) is 1.31. The van der Waals surface area contributed by atoms with E-state index in [9.17, 15) is 0 Å². The molecule has 0 spiro atoms. The molecule has 0 amide bonds. The molecule has 0 aromatic heterocycles. The predicted molar refractivity (Wildman–Crippen MR) is 23.9 cm³/mol. The first kappa shape index (κ1) is 4.09. The van der Waals surface area contributed by atoms with Crippen LogP contribution in [0.2, 0.25) is 0 Å². The molecule has 2 N–H and O–H groups in total. The Balaban J connectivity index is 2.01. The van der Waals surface area contributed by atoms with Gasteiger partial charge in [-0.05, 0) is 12.8 Å². The molecular weight excluding hydrogens is 76.1 g/mol. The minimum atomic E-state index is 0.532. The number of hydrogen-bond acceptors (Lipinski definition) is 1. The molecule has 1 rings (SSSR count). The molecule has 1 saturated carbocycles. The highest BCUT2D eigenvalue weighted by Crippen LogP contribution is 2.16. The first-order valence-corrected chi connectivity index (χ1v) is 2.36. The van der Waals surface area contributed by atoms with Crippen LogP contribution in [0, 0.1) is 0 Å². The van der Waals surface area contributed by atoms with Gasteiger partial charge in [-0.1, -0.05) is 6.42 Å². The second kappa shape index (κ2) is 1.58. The van der Waals surface area contributed by atoms with Gasteiger partial charge in [0, 0.05) is 6.04 Å². The molecule has 0 atom stereocenters. The monoisotopic (exact) mass is 85.1 g/mol. The zero-order valence-corrected chi connectivity index (χ0v) is 3.70. The van der Waals surface area contributed by atoms with Gasteiger partial charge in [-0.25, -0.2) is 5.43 Å². The molecule has 0 heterocycles. The average molecular weight is 85.1 g/mol. The zero-order valence-electron chi connectivity index (χ0n) is 3.70. The number of nitrogens with one attached hydrogen (secondary N) is 2. The Labute approximate surface area is 37.7 Å². The zero-order chi connectivity index (χ0) is 4.41. The molecule has 0 bridgehead atoms. The summed E-state index contributed by atoms with van der Waals surface area (Å²) in [5.41, 5.74) is 2.45. The summed E-state index contributed by atoms with van der Waals surface area (Å²) in [5.74, 6) is 6.61. The van der Waals surface area contributed by atoms with Crippen LogP contribution in [0.15, 0.2) is 0 Å². The molecule has 1 fully saturated rings. The van der Waals surface area contributed by atoms with Gasteiger partial charge in [0.15, 0.2) is 0 Å². The van der Waals surface area contributed by atoms with Gasteiger partial charge < -0.3 is 0 Å². The van der Waals surface area contributed by atoms with Crippen molar-refractivity contribution >= 4 is 0 Å².